The lowest BCUT2D eigenvalue weighted by molar-refractivity contribution is -0.274. The summed E-state index contributed by atoms with van der Waals surface area (Å²) in [4.78, 5) is 14.7. The first kappa shape index (κ1) is 23.4. The van der Waals surface area contributed by atoms with E-state index in [-0.39, 0.29) is 23.1 Å². The number of hydrogen-bond acceptors (Lipinski definition) is 2. The van der Waals surface area contributed by atoms with E-state index in [2.05, 4.69) is 16.6 Å². The Balaban J connectivity index is 1.83. The van der Waals surface area contributed by atoms with E-state index in [9.17, 15) is 23.1 Å². The minimum Gasteiger partial charge on any atom is -0.478 e. The van der Waals surface area contributed by atoms with Crippen LogP contribution in [0.5, 0.6) is 5.75 Å². The van der Waals surface area contributed by atoms with Gasteiger partial charge >= 0.3 is 12.3 Å². The number of H-pyrrole nitrogens is 1. The molecule has 7 heteroatoms. The number of carbonyl (C=O) groups is 1. The normalized spacial score (nSPS) is 13.5. The van der Waals surface area contributed by atoms with Crippen LogP contribution in [-0.4, -0.2) is 22.4 Å². The summed E-state index contributed by atoms with van der Waals surface area (Å²) in [5, 5.41) is 11.4. The van der Waals surface area contributed by atoms with Crippen LogP contribution in [0.4, 0.5) is 13.2 Å². The van der Waals surface area contributed by atoms with E-state index < -0.39 is 12.3 Å². The molecule has 0 spiro atoms. The van der Waals surface area contributed by atoms with Crippen LogP contribution in [0.25, 0.3) is 10.8 Å². The zero-order valence-corrected chi connectivity index (χ0v) is 18.5. The van der Waals surface area contributed by atoms with E-state index in [4.69, 9.17) is 0 Å². The second kappa shape index (κ2) is 9.63. The summed E-state index contributed by atoms with van der Waals surface area (Å²) in [7, 11) is 0. The monoisotopic (exact) mass is 467 g/mol. The van der Waals surface area contributed by atoms with Crippen LogP contribution in [0.2, 0.25) is 0 Å². The number of alkyl halides is 3. The smallest absolute Gasteiger partial charge is 0.478 e. The Morgan fingerprint density at radius 3 is 2.24 bits per heavy atom. The van der Waals surface area contributed by atoms with Crippen molar-refractivity contribution in [1.82, 2.24) is 4.98 Å². The lowest BCUT2D eigenvalue weighted by Gasteiger charge is -2.28. The summed E-state index contributed by atoms with van der Waals surface area (Å²) in [6.07, 6.45) is -1.16. The molecular formula is C27H24F3NO3. The molecule has 0 amide bonds. The van der Waals surface area contributed by atoms with Crippen LogP contribution >= 0.6 is 0 Å². The van der Waals surface area contributed by atoms with Crippen LogP contribution < -0.4 is 4.74 Å². The molecule has 0 fully saturated rings. The summed E-state index contributed by atoms with van der Waals surface area (Å²) in [6, 6.07) is 20.7. The van der Waals surface area contributed by atoms with Gasteiger partial charge in [0.1, 0.15) is 5.75 Å². The Morgan fingerprint density at radius 1 is 0.971 bits per heavy atom. The molecule has 2 N–H and O–H groups in total. The molecule has 176 valence electrons. The van der Waals surface area contributed by atoms with Gasteiger partial charge in [-0.15, -0.1) is 13.2 Å². The molecular weight excluding hydrogens is 443 g/mol. The number of carboxylic acid groups (broad SMARTS) is 1. The number of ether oxygens (including phenoxy) is 1. The molecule has 34 heavy (non-hydrogen) atoms. The average Bonchev–Trinajstić information content (AvgIpc) is 3.23. The van der Waals surface area contributed by atoms with Crippen molar-refractivity contribution in [2.24, 2.45) is 0 Å². The minimum atomic E-state index is -4.76. The van der Waals surface area contributed by atoms with Gasteiger partial charge in [-0.05, 0) is 53.1 Å². The standard InChI is InChI=1S/C27H24F3NO3/c1-2-5-22(17-8-10-19(11-9-17)26(32)33)24(25-23-7-4-3-6-20(23)16-31-25)18-12-14-21(15-13-18)34-27(28,29)30/h3-4,6-16,22,24,31H,2,5H2,1H3,(H,32,33). The van der Waals surface area contributed by atoms with Gasteiger partial charge in [0.2, 0.25) is 0 Å². The number of nitrogens with one attached hydrogen (secondary N) is 1. The number of benzene rings is 3. The van der Waals surface area contributed by atoms with Crippen molar-refractivity contribution in [1.29, 1.82) is 0 Å². The fourth-order valence-electron chi connectivity index (χ4n) is 4.55. The molecule has 0 saturated heterocycles. The number of aromatic nitrogens is 1. The van der Waals surface area contributed by atoms with Crippen molar-refractivity contribution in [2.45, 2.75) is 38.0 Å². The minimum absolute atomic E-state index is 0.0377. The van der Waals surface area contributed by atoms with Gasteiger partial charge < -0.3 is 14.8 Å². The SMILES string of the molecule is CCCC(c1ccc(C(=O)O)cc1)C(c1ccc(OC(F)(F)F)cc1)c1[nH]cc2ccccc12. The van der Waals surface area contributed by atoms with E-state index in [1.165, 1.54) is 12.1 Å². The van der Waals surface area contributed by atoms with Gasteiger partial charge in [0.25, 0.3) is 0 Å². The predicted octanol–water partition coefficient (Wildman–Crippen LogP) is 7.48. The largest absolute Gasteiger partial charge is 0.573 e. The van der Waals surface area contributed by atoms with Crippen LogP contribution in [0.15, 0.2) is 79.0 Å². The van der Waals surface area contributed by atoms with E-state index in [1.807, 2.05) is 42.6 Å². The lowest BCUT2D eigenvalue weighted by Crippen LogP contribution is -2.17. The maximum Gasteiger partial charge on any atom is 0.573 e. The molecule has 4 aromatic rings. The molecule has 1 aromatic heterocycles. The predicted molar refractivity (Wildman–Crippen MR) is 124 cm³/mol. The highest BCUT2D eigenvalue weighted by atomic mass is 19.4. The first-order chi connectivity index (χ1) is 16.3. The van der Waals surface area contributed by atoms with Gasteiger partial charge in [-0.1, -0.05) is 61.9 Å². The van der Waals surface area contributed by atoms with Gasteiger partial charge in [-0.3, -0.25) is 0 Å². The van der Waals surface area contributed by atoms with Crippen molar-refractivity contribution >= 4 is 16.7 Å². The molecule has 0 aliphatic carbocycles. The number of fused-ring (bicyclic) bond motifs is 1. The van der Waals surface area contributed by atoms with Crippen molar-refractivity contribution < 1.29 is 27.8 Å². The zero-order chi connectivity index (χ0) is 24.3. The molecule has 0 aliphatic rings. The van der Waals surface area contributed by atoms with Crippen molar-refractivity contribution in [2.75, 3.05) is 0 Å². The summed E-state index contributed by atoms with van der Waals surface area (Å²) >= 11 is 0. The van der Waals surface area contributed by atoms with Gasteiger partial charge in [-0.25, -0.2) is 4.79 Å². The topological polar surface area (TPSA) is 62.3 Å². The Morgan fingerprint density at radius 2 is 1.62 bits per heavy atom. The second-order valence-electron chi connectivity index (χ2n) is 8.21. The van der Waals surface area contributed by atoms with Gasteiger partial charge in [-0.2, -0.15) is 0 Å². The summed E-state index contributed by atoms with van der Waals surface area (Å²) in [6.45, 7) is 2.07. The van der Waals surface area contributed by atoms with Crippen LogP contribution in [0.1, 0.15) is 58.8 Å². The quantitative estimate of drug-likeness (QED) is 0.282. The molecule has 0 aliphatic heterocycles. The highest BCUT2D eigenvalue weighted by molar-refractivity contribution is 5.88. The number of aromatic carboxylic acids is 1. The number of aromatic amines is 1. The average molecular weight is 467 g/mol. The number of hydrogen-bond donors (Lipinski definition) is 2. The third-order valence-electron chi connectivity index (χ3n) is 6.01. The lowest BCUT2D eigenvalue weighted by atomic mass is 9.76. The van der Waals surface area contributed by atoms with Crippen molar-refractivity contribution in [3.05, 3.63) is 101 Å². The number of halogens is 3. The summed E-state index contributed by atoms with van der Waals surface area (Å²) in [5.41, 5.74) is 2.96. The van der Waals surface area contributed by atoms with E-state index >= 15 is 0 Å². The Kier molecular flexibility index (Phi) is 6.63. The molecule has 0 saturated carbocycles. The Labute approximate surface area is 195 Å². The molecule has 1 heterocycles. The Bertz CT molecular complexity index is 1260. The third-order valence-corrected chi connectivity index (χ3v) is 6.01. The van der Waals surface area contributed by atoms with Crippen molar-refractivity contribution in [3.8, 4) is 5.75 Å². The van der Waals surface area contributed by atoms with Crippen LogP contribution in [-0.2, 0) is 0 Å². The fraction of sp³-hybridized carbons (Fsp3) is 0.222. The Hall–Kier alpha value is -3.74. The van der Waals surface area contributed by atoms with E-state index in [1.54, 1.807) is 24.3 Å². The molecule has 0 bridgehead atoms. The maximum atomic E-state index is 12.7. The van der Waals surface area contributed by atoms with Crippen LogP contribution in [0.3, 0.4) is 0 Å². The summed E-state index contributed by atoms with van der Waals surface area (Å²) in [5.74, 6) is -1.50. The molecule has 4 rings (SSSR count). The highest BCUT2D eigenvalue weighted by Crippen LogP contribution is 2.43. The zero-order valence-electron chi connectivity index (χ0n) is 18.5. The van der Waals surface area contributed by atoms with Gasteiger partial charge in [0.05, 0.1) is 5.56 Å². The second-order valence-corrected chi connectivity index (χ2v) is 8.21. The van der Waals surface area contributed by atoms with Crippen LogP contribution in [0, 0.1) is 0 Å². The first-order valence-corrected chi connectivity index (χ1v) is 11.0. The summed E-state index contributed by atoms with van der Waals surface area (Å²) < 4.78 is 42.1. The van der Waals surface area contributed by atoms with Gasteiger partial charge in [0, 0.05) is 23.2 Å². The van der Waals surface area contributed by atoms with Crippen molar-refractivity contribution in [3.63, 3.8) is 0 Å². The highest BCUT2D eigenvalue weighted by Gasteiger charge is 2.32. The maximum absolute atomic E-state index is 12.7. The number of carboxylic acids is 1. The molecule has 2 unspecified atom stereocenters. The fourth-order valence-corrected chi connectivity index (χ4v) is 4.55. The van der Waals surface area contributed by atoms with E-state index in [0.29, 0.717) is 0 Å². The molecule has 4 nitrogen and oxygen atoms in total. The molecule has 3 aromatic carbocycles. The first-order valence-electron chi connectivity index (χ1n) is 11.0. The van der Waals surface area contributed by atoms with Gasteiger partial charge in [0.15, 0.2) is 0 Å². The molecule has 2 atom stereocenters. The number of rotatable bonds is 8. The van der Waals surface area contributed by atoms with E-state index in [0.717, 1.165) is 40.4 Å². The molecule has 0 radical (unpaired) electrons. The third kappa shape index (κ3) is 5.09.